The molecule has 2 saturated carbocycles. The average Bonchev–Trinajstić information content (AvgIpc) is 3.18. The van der Waals surface area contributed by atoms with Crippen molar-refractivity contribution < 1.29 is 26.4 Å². The van der Waals surface area contributed by atoms with E-state index in [0.717, 1.165) is 23.9 Å². The van der Waals surface area contributed by atoms with Crippen molar-refractivity contribution >= 4 is 37.4 Å². The molecule has 0 radical (unpaired) electrons. The van der Waals surface area contributed by atoms with Crippen LogP contribution < -0.4 is 10.2 Å². The topological polar surface area (TPSA) is 124 Å². The second kappa shape index (κ2) is 11.0. The van der Waals surface area contributed by atoms with E-state index in [2.05, 4.69) is 19.2 Å². The van der Waals surface area contributed by atoms with Gasteiger partial charge in [-0.15, -0.1) is 0 Å². The summed E-state index contributed by atoms with van der Waals surface area (Å²) in [5, 5.41) is 3.16. The fourth-order valence-electron chi connectivity index (χ4n) is 7.27. The number of benzene rings is 1. The van der Waals surface area contributed by atoms with E-state index in [9.17, 15) is 26.4 Å². The van der Waals surface area contributed by atoms with Crippen molar-refractivity contribution in [1.29, 1.82) is 0 Å². The summed E-state index contributed by atoms with van der Waals surface area (Å²) in [5.41, 5.74) is 0.747. The van der Waals surface area contributed by atoms with Crippen LogP contribution in [0.15, 0.2) is 24.3 Å². The van der Waals surface area contributed by atoms with Gasteiger partial charge in [-0.2, -0.15) is 4.31 Å². The molecule has 10 nitrogen and oxygen atoms in total. The first-order chi connectivity index (χ1) is 18.5. The van der Waals surface area contributed by atoms with Crippen LogP contribution in [-0.2, 0) is 29.4 Å². The number of hydrogen-bond acceptors (Lipinski definition) is 7. The first-order valence-corrected chi connectivity index (χ1v) is 17.6. The molecule has 2 aliphatic carbocycles. The number of rotatable bonds is 10. The molecule has 1 N–H and O–H groups in total. The summed E-state index contributed by atoms with van der Waals surface area (Å²) >= 11 is 0. The molecule has 12 heteroatoms. The molecule has 40 heavy (non-hydrogen) atoms. The van der Waals surface area contributed by atoms with Crippen LogP contribution in [0.3, 0.4) is 0 Å². The molecule has 1 saturated heterocycles. The molecule has 2 amide bonds. The number of anilines is 1. The monoisotopic (exact) mass is 596 g/mol. The number of amides is 2. The van der Waals surface area contributed by atoms with Gasteiger partial charge in [-0.25, -0.2) is 16.8 Å². The minimum atomic E-state index is -3.82. The zero-order chi connectivity index (χ0) is 29.7. The standard InChI is InChI=1S/C28H44N4O6S2/c1-20-9-7-8-10-22(20)32-15-14-31(18-25(32)33)40(37,38)19-28-13-11-21(27(28,2)3)17-24(28)29-26(34)23(30(4)5)12-16-39(6,35)36/h7-10,21,23-24H,11-19H2,1-6H3,(H,29,34)/t21-,23-,24+,28-/m1/s1. The fraction of sp³-hybridized carbons (Fsp3) is 0.714. The highest BCUT2D eigenvalue weighted by Crippen LogP contribution is 2.66. The van der Waals surface area contributed by atoms with Gasteiger partial charge in [-0.05, 0) is 69.7 Å². The van der Waals surface area contributed by atoms with E-state index in [1.54, 1.807) is 23.9 Å². The number of sulfonamides is 1. The Labute approximate surface area is 239 Å². The van der Waals surface area contributed by atoms with E-state index < -0.39 is 31.3 Å². The van der Waals surface area contributed by atoms with Gasteiger partial charge < -0.3 is 10.2 Å². The van der Waals surface area contributed by atoms with Gasteiger partial charge in [0.15, 0.2) is 0 Å². The number of fused-ring (bicyclic) bond motifs is 2. The molecule has 3 fully saturated rings. The van der Waals surface area contributed by atoms with Gasteiger partial charge in [0, 0.05) is 36.5 Å². The summed E-state index contributed by atoms with van der Waals surface area (Å²) in [6.45, 7) is 6.42. The summed E-state index contributed by atoms with van der Waals surface area (Å²) < 4.78 is 52.7. The fourth-order valence-corrected chi connectivity index (χ4v) is 10.1. The predicted octanol–water partition coefficient (Wildman–Crippen LogP) is 1.65. The number of sulfone groups is 1. The van der Waals surface area contributed by atoms with Crippen molar-refractivity contribution in [3.05, 3.63) is 29.8 Å². The van der Waals surface area contributed by atoms with Crippen molar-refractivity contribution in [2.45, 2.75) is 58.5 Å². The first-order valence-electron chi connectivity index (χ1n) is 14.0. The molecule has 224 valence electrons. The maximum atomic E-state index is 13.9. The Balaban J connectivity index is 1.52. The van der Waals surface area contributed by atoms with Crippen molar-refractivity contribution in [2.75, 3.05) is 56.4 Å². The average molecular weight is 597 g/mol. The number of piperazine rings is 1. The lowest BCUT2D eigenvalue weighted by Crippen LogP contribution is -2.58. The van der Waals surface area contributed by atoms with Gasteiger partial charge in [0.1, 0.15) is 9.84 Å². The van der Waals surface area contributed by atoms with Crippen LogP contribution in [0.2, 0.25) is 0 Å². The molecule has 1 aliphatic heterocycles. The smallest absolute Gasteiger partial charge is 0.242 e. The van der Waals surface area contributed by atoms with Gasteiger partial charge >= 0.3 is 0 Å². The largest absolute Gasteiger partial charge is 0.351 e. The van der Waals surface area contributed by atoms with Crippen LogP contribution in [0.25, 0.3) is 0 Å². The minimum Gasteiger partial charge on any atom is -0.351 e. The number of likely N-dealkylation sites (N-methyl/N-ethyl adjacent to an activating group) is 1. The molecule has 4 atom stereocenters. The second-order valence-corrected chi connectivity index (χ2v) is 17.0. The SMILES string of the molecule is Cc1ccccc1N1CCN(S(=O)(=O)C[C@]23CC[C@H](C[C@@H]2NC(=O)[C@@H](CCS(C)(=O)=O)N(C)C)C3(C)C)CC1=O. The third kappa shape index (κ3) is 5.82. The molecular weight excluding hydrogens is 552 g/mol. The Morgan fingerprint density at radius 3 is 2.40 bits per heavy atom. The van der Waals surface area contributed by atoms with Crippen LogP contribution >= 0.6 is 0 Å². The zero-order valence-electron chi connectivity index (χ0n) is 24.5. The summed E-state index contributed by atoms with van der Waals surface area (Å²) in [5.74, 6) is -0.505. The van der Waals surface area contributed by atoms with E-state index >= 15 is 0 Å². The van der Waals surface area contributed by atoms with Crippen molar-refractivity contribution in [3.63, 3.8) is 0 Å². The highest BCUT2D eigenvalue weighted by Gasteiger charge is 2.66. The number of aryl methyl sites for hydroxylation is 1. The Bertz CT molecular complexity index is 1360. The van der Waals surface area contributed by atoms with Crippen LogP contribution in [-0.4, -0.2) is 101 Å². The maximum Gasteiger partial charge on any atom is 0.242 e. The van der Waals surface area contributed by atoms with Crippen LogP contribution in [0.4, 0.5) is 5.69 Å². The molecule has 0 unspecified atom stereocenters. The van der Waals surface area contributed by atoms with E-state index in [1.807, 2.05) is 31.2 Å². The summed E-state index contributed by atoms with van der Waals surface area (Å²) in [7, 11) is -3.58. The molecule has 0 spiro atoms. The van der Waals surface area contributed by atoms with Gasteiger partial charge in [-0.1, -0.05) is 32.0 Å². The van der Waals surface area contributed by atoms with E-state index in [-0.39, 0.29) is 66.7 Å². The highest BCUT2D eigenvalue weighted by molar-refractivity contribution is 7.90. The Morgan fingerprint density at radius 2 is 1.82 bits per heavy atom. The minimum absolute atomic E-state index is 0.107. The van der Waals surface area contributed by atoms with Gasteiger partial charge in [0.05, 0.1) is 24.1 Å². The maximum absolute atomic E-state index is 13.9. The van der Waals surface area contributed by atoms with Crippen LogP contribution in [0.5, 0.6) is 0 Å². The molecule has 0 aromatic heterocycles. The Hall–Kier alpha value is -2.02. The summed E-state index contributed by atoms with van der Waals surface area (Å²) in [4.78, 5) is 29.9. The van der Waals surface area contributed by atoms with Crippen LogP contribution in [0, 0.1) is 23.7 Å². The molecule has 1 heterocycles. The lowest BCUT2D eigenvalue weighted by molar-refractivity contribution is -0.127. The van der Waals surface area contributed by atoms with Crippen molar-refractivity contribution in [1.82, 2.24) is 14.5 Å². The zero-order valence-corrected chi connectivity index (χ0v) is 26.1. The molecule has 4 rings (SSSR count). The molecule has 1 aromatic carbocycles. The lowest BCUT2D eigenvalue weighted by Gasteiger charge is -2.44. The van der Waals surface area contributed by atoms with Gasteiger partial charge in [-0.3, -0.25) is 14.5 Å². The van der Waals surface area contributed by atoms with E-state index in [4.69, 9.17) is 0 Å². The highest BCUT2D eigenvalue weighted by atomic mass is 32.2. The van der Waals surface area contributed by atoms with Crippen LogP contribution in [0.1, 0.15) is 45.1 Å². The van der Waals surface area contributed by atoms with E-state index in [1.165, 1.54) is 4.31 Å². The first kappa shape index (κ1) is 30.9. The Morgan fingerprint density at radius 1 is 1.15 bits per heavy atom. The van der Waals surface area contributed by atoms with Crippen molar-refractivity contribution in [3.8, 4) is 0 Å². The number of carbonyl (C=O) groups excluding carboxylic acids is 2. The number of nitrogens with zero attached hydrogens (tertiary/aromatic N) is 3. The predicted molar refractivity (Wildman–Crippen MR) is 156 cm³/mol. The summed E-state index contributed by atoms with van der Waals surface area (Å²) in [6.07, 6.45) is 3.56. The molecular formula is C28H44N4O6S2. The Kier molecular flexibility index (Phi) is 8.50. The lowest BCUT2D eigenvalue weighted by atomic mass is 9.69. The number of para-hydroxylation sites is 1. The number of carbonyl (C=O) groups is 2. The van der Waals surface area contributed by atoms with Gasteiger partial charge in [0.2, 0.25) is 21.8 Å². The molecule has 2 bridgehead atoms. The van der Waals surface area contributed by atoms with Gasteiger partial charge in [0.25, 0.3) is 0 Å². The molecule has 3 aliphatic rings. The summed E-state index contributed by atoms with van der Waals surface area (Å²) in [6, 6.07) is 6.59. The molecule has 1 aromatic rings. The third-order valence-electron chi connectivity index (χ3n) is 9.86. The number of nitrogens with one attached hydrogen (secondary N) is 1. The second-order valence-electron chi connectivity index (χ2n) is 12.7. The third-order valence-corrected chi connectivity index (χ3v) is 12.8. The normalized spacial score (nSPS) is 27.8. The van der Waals surface area contributed by atoms with Crippen molar-refractivity contribution in [2.24, 2.45) is 16.7 Å². The number of hydrogen-bond donors (Lipinski definition) is 1. The van der Waals surface area contributed by atoms with E-state index in [0.29, 0.717) is 12.8 Å². The quantitative estimate of drug-likeness (QED) is 0.436.